The van der Waals surface area contributed by atoms with E-state index in [-0.39, 0.29) is 0 Å². The standard InChI is InChI=1S/C18H22F2/c1-3-4-5-6-14-8-10-15(11-9-14)16-12-7-13(2)17(19)18(16)20/h4-5,7,10,12,14H,3,6,8-9,11H2,1-2H3/b5-4-. The summed E-state index contributed by atoms with van der Waals surface area (Å²) in [5, 5.41) is 0. The summed E-state index contributed by atoms with van der Waals surface area (Å²) in [7, 11) is 0. The maximum absolute atomic E-state index is 14.0. The van der Waals surface area contributed by atoms with Crippen molar-refractivity contribution < 1.29 is 8.78 Å². The third-order valence-electron chi connectivity index (χ3n) is 4.01. The van der Waals surface area contributed by atoms with Gasteiger partial charge in [-0.1, -0.05) is 37.3 Å². The molecule has 1 unspecified atom stereocenters. The molecule has 1 aliphatic rings. The Morgan fingerprint density at radius 2 is 2.00 bits per heavy atom. The second kappa shape index (κ2) is 6.83. The van der Waals surface area contributed by atoms with Crippen LogP contribution < -0.4 is 0 Å². The van der Waals surface area contributed by atoms with E-state index in [0.29, 0.717) is 17.0 Å². The SMILES string of the molecule is CC/C=C\CC1CC=C(c2ccc(C)c(F)c2F)CC1. The Morgan fingerprint density at radius 3 is 2.65 bits per heavy atom. The minimum atomic E-state index is -0.712. The fourth-order valence-corrected chi connectivity index (χ4v) is 2.70. The van der Waals surface area contributed by atoms with Crippen molar-refractivity contribution in [1.82, 2.24) is 0 Å². The van der Waals surface area contributed by atoms with Crippen molar-refractivity contribution in [2.75, 3.05) is 0 Å². The molecule has 0 nitrogen and oxygen atoms in total. The minimum Gasteiger partial charge on any atom is -0.203 e. The van der Waals surface area contributed by atoms with Crippen LogP contribution >= 0.6 is 0 Å². The van der Waals surface area contributed by atoms with Crippen LogP contribution in [0.5, 0.6) is 0 Å². The topological polar surface area (TPSA) is 0 Å². The van der Waals surface area contributed by atoms with Crippen LogP contribution in [0.1, 0.15) is 50.2 Å². The summed E-state index contributed by atoms with van der Waals surface area (Å²) < 4.78 is 27.6. The van der Waals surface area contributed by atoms with Gasteiger partial charge in [0.2, 0.25) is 0 Å². The van der Waals surface area contributed by atoms with Gasteiger partial charge < -0.3 is 0 Å². The lowest BCUT2D eigenvalue weighted by atomic mass is 9.84. The second-order valence-corrected chi connectivity index (χ2v) is 5.54. The van der Waals surface area contributed by atoms with Crippen LogP contribution in [-0.4, -0.2) is 0 Å². The molecule has 2 heteroatoms. The van der Waals surface area contributed by atoms with Crippen molar-refractivity contribution >= 4 is 5.57 Å². The molecule has 0 aromatic heterocycles. The van der Waals surface area contributed by atoms with Crippen LogP contribution in [0, 0.1) is 24.5 Å². The molecule has 1 aromatic carbocycles. The first kappa shape index (κ1) is 15.0. The van der Waals surface area contributed by atoms with Gasteiger partial charge in [0.25, 0.3) is 0 Å². The molecule has 0 saturated carbocycles. The van der Waals surface area contributed by atoms with E-state index in [1.54, 1.807) is 19.1 Å². The Labute approximate surface area is 120 Å². The lowest BCUT2D eigenvalue weighted by molar-refractivity contribution is 0.483. The molecular formula is C18H22F2. The summed E-state index contributed by atoms with van der Waals surface area (Å²) in [5.74, 6) is -0.767. The molecule has 0 radical (unpaired) electrons. The maximum atomic E-state index is 14.0. The fourth-order valence-electron chi connectivity index (χ4n) is 2.70. The average Bonchev–Trinajstić information content (AvgIpc) is 2.46. The molecule has 0 bridgehead atoms. The highest BCUT2D eigenvalue weighted by molar-refractivity contribution is 5.67. The number of aryl methyl sites for hydroxylation is 1. The molecule has 1 atom stereocenters. The molecule has 0 aliphatic heterocycles. The van der Waals surface area contributed by atoms with Crippen LogP contribution in [0.2, 0.25) is 0 Å². The number of rotatable bonds is 4. The van der Waals surface area contributed by atoms with Gasteiger partial charge in [-0.15, -0.1) is 0 Å². The first-order valence-corrected chi connectivity index (χ1v) is 7.42. The second-order valence-electron chi connectivity index (χ2n) is 5.54. The average molecular weight is 276 g/mol. The normalized spacial score (nSPS) is 19.4. The first-order valence-electron chi connectivity index (χ1n) is 7.42. The Hall–Kier alpha value is -1.44. The smallest absolute Gasteiger partial charge is 0.166 e. The fraction of sp³-hybridized carbons (Fsp3) is 0.444. The molecular weight excluding hydrogens is 254 g/mol. The molecule has 108 valence electrons. The highest BCUT2D eigenvalue weighted by Crippen LogP contribution is 2.34. The van der Waals surface area contributed by atoms with Crippen molar-refractivity contribution in [3.63, 3.8) is 0 Å². The third kappa shape index (κ3) is 3.36. The van der Waals surface area contributed by atoms with E-state index < -0.39 is 11.6 Å². The van der Waals surface area contributed by atoms with E-state index in [0.717, 1.165) is 37.7 Å². The van der Waals surface area contributed by atoms with Crippen molar-refractivity contribution in [2.24, 2.45) is 5.92 Å². The lowest BCUT2D eigenvalue weighted by Crippen LogP contribution is -2.06. The van der Waals surface area contributed by atoms with Crippen molar-refractivity contribution in [3.8, 4) is 0 Å². The summed E-state index contributed by atoms with van der Waals surface area (Å²) in [4.78, 5) is 0. The van der Waals surface area contributed by atoms with E-state index in [2.05, 4.69) is 25.2 Å². The Bertz CT molecular complexity index is 526. The number of benzene rings is 1. The van der Waals surface area contributed by atoms with Crippen LogP contribution in [0.25, 0.3) is 5.57 Å². The first-order chi connectivity index (χ1) is 9.63. The van der Waals surface area contributed by atoms with Crippen LogP contribution in [0.15, 0.2) is 30.4 Å². The third-order valence-corrected chi connectivity index (χ3v) is 4.01. The van der Waals surface area contributed by atoms with Crippen molar-refractivity contribution in [1.29, 1.82) is 0 Å². The Balaban J connectivity index is 2.09. The van der Waals surface area contributed by atoms with Crippen LogP contribution in [0.4, 0.5) is 8.78 Å². The molecule has 1 aromatic rings. The van der Waals surface area contributed by atoms with E-state index >= 15 is 0 Å². The van der Waals surface area contributed by atoms with E-state index in [9.17, 15) is 8.78 Å². The monoisotopic (exact) mass is 276 g/mol. The van der Waals surface area contributed by atoms with Gasteiger partial charge in [-0.25, -0.2) is 8.78 Å². The van der Waals surface area contributed by atoms with Crippen molar-refractivity contribution in [2.45, 2.75) is 46.0 Å². The van der Waals surface area contributed by atoms with E-state index in [1.165, 1.54) is 0 Å². The van der Waals surface area contributed by atoms with E-state index in [4.69, 9.17) is 0 Å². The predicted molar refractivity (Wildman–Crippen MR) is 80.5 cm³/mol. The summed E-state index contributed by atoms with van der Waals surface area (Å²) in [6.07, 6.45) is 11.5. The summed E-state index contributed by atoms with van der Waals surface area (Å²) in [6, 6.07) is 3.36. The van der Waals surface area contributed by atoms with E-state index in [1.807, 2.05) is 0 Å². The highest BCUT2D eigenvalue weighted by atomic mass is 19.2. The van der Waals surface area contributed by atoms with Gasteiger partial charge in [-0.3, -0.25) is 0 Å². The summed E-state index contributed by atoms with van der Waals surface area (Å²) in [5.41, 5.74) is 1.76. The van der Waals surface area contributed by atoms with Crippen molar-refractivity contribution in [3.05, 3.63) is 53.1 Å². The molecule has 0 N–H and O–H groups in total. The largest absolute Gasteiger partial charge is 0.203 e. The summed E-state index contributed by atoms with van der Waals surface area (Å²) in [6.45, 7) is 3.72. The predicted octanol–water partition coefficient (Wildman–Crippen LogP) is 5.81. The zero-order chi connectivity index (χ0) is 14.5. The Kier molecular flexibility index (Phi) is 5.11. The van der Waals surface area contributed by atoms with Gasteiger partial charge in [0.15, 0.2) is 11.6 Å². The number of halogens is 2. The zero-order valence-corrected chi connectivity index (χ0v) is 12.3. The highest BCUT2D eigenvalue weighted by Gasteiger charge is 2.19. The zero-order valence-electron chi connectivity index (χ0n) is 12.3. The van der Waals surface area contributed by atoms with Gasteiger partial charge in [0.05, 0.1) is 0 Å². The van der Waals surface area contributed by atoms with Gasteiger partial charge >= 0.3 is 0 Å². The lowest BCUT2D eigenvalue weighted by Gasteiger charge is -2.21. The molecule has 2 rings (SSSR count). The van der Waals surface area contributed by atoms with Gasteiger partial charge in [0.1, 0.15) is 0 Å². The molecule has 20 heavy (non-hydrogen) atoms. The molecule has 0 amide bonds. The maximum Gasteiger partial charge on any atom is 0.166 e. The number of hydrogen-bond donors (Lipinski definition) is 0. The molecule has 0 heterocycles. The van der Waals surface area contributed by atoms with Gasteiger partial charge in [0, 0.05) is 5.56 Å². The van der Waals surface area contributed by atoms with Gasteiger partial charge in [-0.2, -0.15) is 0 Å². The van der Waals surface area contributed by atoms with Crippen LogP contribution in [-0.2, 0) is 0 Å². The molecule has 1 aliphatic carbocycles. The Morgan fingerprint density at radius 1 is 1.20 bits per heavy atom. The molecule has 0 spiro atoms. The number of allylic oxidation sites excluding steroid dienone is 4. The van der Waals surface area contributed by atoms with Gasteiger partial charge in [-0.05, 0) is 56.1 Å². The number of hydrogen-bond acceptors (Lipinski definition) is 0. The molecule has 0 fully saturated rings. The molecule has 0 saturated heterocycles. The minimum absolute atomic E-state index is 0.366. The van der Waals surface area contributed by atoms with Crippen LogP contribution in [0.3, 0.4) is 0 Å². The summed E-state index contributed by atoms with van der Waals surface area (Å²) >= 11 is 0. The quantitative estimate of drug-likeness (QED) is 0.608.